The van der Waals surface area contributed by atoms with Crippen molar-refractivity contribution in [2.75, 3.05) is 0 Å². The molecule has 0 unspecified atom stereocenters. The lowest BCUT2D eigenvalue weighted by molar-refractivity contribution is 0.104. The standard InChI is InChI=1S/C17H11F2NO/c18-14-7-5-11(9-15(14)19)6-8-17(21)13-10-20-16-4-2-1-3-12(13)16/h1-10,20H/b8-6+. The van der Waals surface area contributed by atoms with Crippen LogP contribution in [-0.2, 0) is 0 Å². The van der Waals surface area contributed by atoms with E-state index in [0.29, 0.717) is 11.1 Å². The van der Waals surface area contributed by atoms with E-state index < -0.39 is 11.6 Å². The first kappa shape index (κ1) is 13.2. The molecular weight excluding hydrogens is 272 g/mol. The van der Waals surface area contributed by atoms with E-state index >= 15 is 0 Å². The number of H-pyrrole nitrogens is 1. The number of nitrogens with one attached hydrogen (secondary N) is 1. The molecule has 104 valence electrons. The van der Waals surface area contributed by atoms with Crippen molar-refractivity contribution in [2.24, 2.45) is 0 Å². The Morgan fingerprint density at radius 2 is 1.86 bits per heavy atom. The molecule has 1 aromatic heterocycles. The number of fused-ring (bicyclic) bond motifs is 1. The third-order valence-corrected chi connectivity index (χ3v) is 3.23. The molecule has 1 heterocycles. The first-order valence-corrected chi connectivity index (χ1v) is 6.39. The van der Waals surface area contributed by atoms with Crippen molar-refractivity contribution < 1.29 is 13.6 Å². The molecule has 0 radical (unpaired) electrons. The highest BCUT2D eigenvalue weighted by atomic mass is 19.2. The number of para-hydroxylation sites is 1. The summed E-state index contributed by atoms with van der Waals surface area (Å²) < 4.78 is 25.9. The summed E-state index contributed by atoms with van der Waals surface area (Å²) in [6.07, 6.45) is 4.46. The SMILES string of the molecule is O=C(/C=C/c1ccc(F)c(F)c1)c1c[nH]c2ccccc12. The minimum Gasteiger partial charge on any atom is -0.360 e. The Morgan fingerprint density at radius 3 is 2.67 bits per heavy atom. The smallest absolute Gasteiger partial charge is 0.187 e. The molecule has 0 amide bonds. The zero-order valence-electron chi connectivity index (χ0n) is 10.9. The van der Waals surface area contributed by atoms with Crippen molar-refractivity contribution >= 4 is 22.8 Å². The Labute approximate surface area is 119 Å². The van der Waals surface area contributed by atoms with E-state index in [1.807, 2.05) is 24.3 Å². The molecule has 2 aromatic carbocycles. The summed E-state index contributed by atoms with van der Waals surface area (Å²) in [7, 11) is 0. The van der Waals surface area contributed by atoms with Gasteiger partial charge in [-0.1, -0.05) is 30.3 Å². The van der Waals surface area contributed by atoms with E-state index in [1.54, 1.807) is 6.20 Å². The minimum atomic E-state index is -0.934. The summed E-state index contributed by atoms with van der Waals surface area (Å²) in [5.74, 6) is -2.04. The highest BCUT2D eigenvalue weighted by Crippen LogP contribution is 2.19. The van der Waals surface area contributed by atoms with Crippen molar-refractivity contribution in [1.82, 2.24) is 4.98 Å². The largest absolute Gasteiger partial charge is 0.360 e. The zero-order chi connectivity index (χ0) is 14.8. The second kappa shape index (κ2) is 5.32. The van der Waals surface area contributed by atoms with Crippen LogP contribution in [0.15, 0.2) is 54.7 Å². The first-order valence-electron chi connectivity index (χ1n) is 6.39. The Kier molecular flexibility index (Phi) is 3.36. The van der Waals surface area contributed by atoms with Crippen molar-refractivity contribution in [3.05, 3.63) is 77.5 Å². The lowest BCUT2D eigenvalue weighted by Crippen LogP contribution is -1.92. The van der Waals surface area contributed by atoms with Crippen LogP contribution in [0.1, 0.15) is 15.9 Å². The number of hydrogen-bond donors (Lipinski definition) is 1. The van der Waals surface area contributed by atoms with Gasteiger partial charge < -0.3 is 4.98 Å². The molecule has 0 fully saturated rings. The van der Waals surface area contributed by atoms with Gasteiger partial charge in [0.05, 0.1) is 0 Å². The van der Waals surface area contributed by atoms with E-state index in [4.69, 9.17) is 0 Å². The number of aromatic nitrogens is 1. The molecule has 3 aromatic rings. The summed E-state index contributed by atoms with van der Waals surface area (Å²) in [6.45, 7) is 0. The molecule has 1 N–H and O–H groups in total. The number of rotatable bonds is 3. The molecule has 0 bridgehead atoms. The number of hydrogen-bond acceptors (Lipinski definition) is 1. The van der Waals surface area contributed by atoms with E-state index in [9.17, 15) is 13.6 Å². The maximum Gasteiger partial charge on any atom is 0.187 e. The van der Waals surface area contributed by atoms with Crippen molar-refractivity contribution in [2.45, 2.75) is 0 Å². The van der Waals surface area contributed by atoms with Gasteiger partial charge in [0.2, 0.25) is 0 Å². The predicted octanol–water partition coefficient (Wildman–Crippen LogP) is 4.34. The Balaban J connectivity index is 1.89. The van der Waals surface area contributed by atoms with Crippen molar-refractivity contribution in [1.29, 1.82) is 0 Å². The van der Waals surface area contributed by atoms with E-state index in [2.05, 4.69) is 4.98 Å². The monoisotopic (exact) mass is 283 g/mol. The molecule has 0 atom stereocenters. The molecule has 0 aliphatic carbocycles. The summed E-state index contributed by atoms with van der Waals surface area (Å²) in [5, 5.41) is 0.831. The van der Waals surface area contributed by atoms with E-state index in [-0.39, 0.29) is 5.78 Å². The highest BCUT2D eigenvalue weighted by molar-refractivity contribution is 6.14. The van der Waals surface area contributed by atoms with Gasteiger partial charge >= 0.3 is 0 Å². The topological polar surface area (TPSA) is 32.9 Å². The molecule has 0 saturated carbocycles. The number of ketones is 1. The summed E-state index contributed by atoms with van der Waals surface area (Å²) in [5.41, 5.74) is 1.86. The molecule has 0 aliphatic heterocycles. The number of benzene rings is 2. The third kappa shape index (κ3) is 2.60. The molecule has 0 spiro atoms. The van der Waals surface area contributed by atoms with Gasteiger partial charge in [-0.25, -0.2) is 8.78 Å². The van der Waals surface area contributed by atoms with Crippen LogP contribution in [0, 0.1) is 11.6 Å². The van der Waals surface area contributed by atoms with Crippen molar-refractivity contribution in [3.63, 3.8) is 0 Å². The summed E-state index contributed by atoms with van der Waals surface area (Å²) >= 11 is 0. The van der Waals surface area contributed by atoms with Crippen molar-refractivity contribution in [3.8, 4) is 0 Å². The van der Waals surface area contributed by atoms with Gasteiger partial charge in [-0.2, -0.15) is 0 Å². The van der Waals surface area contributed by atoms with Gasteiger partial charge in [0.1, 0.15) is 0 Å². The van der Waals surface area contributed by atoms with E-state index in [1.165, 1.54) is 18.2 Å². The quantitative estimate of drug-likeness (QED) is 0.563. The van der Waals surface area contributed by atoms with Crippen LogP contribution in [0.3, 0.4) is 0 Å². The van der Waals surface area contributed by atoms with Gasteiger partial charge in [0, 0.05) is 22.7 Å². The lowest BCUT2D eigenvalue weighted by Gasteiger charge is -1.96. The van der Waals surface area contributed by atoms with Crippen LogP contribution in [0.5, 0.6) is 0 Å². The Hall–Kier alpha value is -2.75. The zero-order valence-corrected chi connectivity index (χ0v) is 10.9. The van der Waals surface area contributed by atoms with E-state index in [0.717, 1.165) is 23.0 Å². The molecule has 4 heteroatoms. The fourth-order valence-electron chi connectivity index (χ4n) is 2.15. The highest BCUT2D eigenvalue weighted by Gasteiger charge is 2.08. The molecular formula is C17H11F2NO. The first-order chi connectivity index (χ1) is 10.1. The second-order valence-corrected chi connectivity index (χ2v) is 4.62. The number of carbonyl (C=O) groups is 1. The van der Waals surface area contributed by atoms with Gasteiger partial charge in [0.15, 0.2) is 17.4 Å². The lowest BCUT2D eigenvalue weighted by atomic mass is 10.1. The number of halogens is 2. The van der Waals surface area contributed by atoms with Gasteiger partial charge in [-0.3, -0.25) is 4.79 Å². The van der Waals surface area contributed by atoms with Crippen LogP contribution >= 0.6 is 0 Å². The molecule has 21 heavy (non-hydrogen) atoms. The molecule has 3 rings (SSSR count). The average molecular weight is 283 g/mol. The van der Waals surface area contributed by atoms with Crippen LogP contribution in [-0.4, -0.2) is 10.8 Å². The fraction of sp³-hybridized carbons (Fsp3) is 0. The molecule has 0 saturated heterocycles. The second-order valence-electron chi connectivity index (χ2n) is 4.62. The third-order valence-electron chi connectivity index (χ3n) is 3.23. The maximum atomic E-state index is 13.1. The van der Waals surface area contributed by atoms with Crippen LogP contribution in [0.4, 0.5) is 8.78 Å². The van der Waals surface area contributed by atoms with Gasteiger partial charge in [-0.05, 0) is 29.8 Å². The summed E-state index contributed by atoms with van der Waals surface area (Å²) in [4.78, 5) is 15.2. The number of aromatic amines is 1. The number of allylic oxidation sites excluding steroid dienone is 1. The molecule has 0 aliphatic rings. The predicted molar refractivity (Wildman–Crippen MR) is 78.0 cm³/mol. The van der Waals surface area contributed by atoms with Crippen LogP contribution in [0.2, 0.25) is 0 Å². The normalized spacial score (nSPS) is 11.3. The van der Waals surface area contributed by atoms with Crippen LogP contribution in [0.25, 0.3) is 17.0 Å². The molecule has 2 nitrogen and oxygen atoms in total. The van der Waals surface area contributed by atoms with Gasteiger partial charge in [-0.15, -0.1) is 0 Å². The number of carbonyl (C=O) groups excluding carboxylic acids is 1. The summed E-state index contributed by atoms with van der Waals surface area (Å²) in [6, 6.07) is 11.0. The van der Waals surface area contributed by atoms with Gasteiger partial charge in [0.25, 0.3) is 0 Å². The maximum absolute atomic E-state index is 13.1. The Bertz CT molecular complexity index is 849. The Morgan fingerprint density at radius 1 is 1.05 bits per heavy atom. The average Bonchev–Trinajstić information content (AvgIpc) is 2.92. The minimum absolute atomic E-state index is 0.197. The fourth-order valence-corrected chi connectivity index (χ4v) is 2.15. The van der Waals surface area contributed by atoms with Crippen LogP contribution < -0.4 is 0 Å².